The van der Waals surface area contributed by atoms with E-state index in [2.05, 4.69) is 41.5 Å². The van der Waals surface area contributed by atoms with E-state index in [9.17, 15) is 0 Å². The van der Waals surface area contributed by atoms with Crippen LogP contribution in [0, 0.1) is 0 Å². The van der Waals surface area contributed by atoms with Crippen LogP contribution in [0.15, 0.2) is 0 Å². The third-order valence-electron chi connectivity index (χ3n) is 8.66. The first-order chi connectivity index (χ1) is 19.9. The molecular weight excluding hydrogens is 635 g/mol. The predicted octanol–water partition coefficient (Wildman–Crippen LogP) is 12.6. The minimum atomic E-state index is -2.53. The van der Waals surface area contributed by atoms with Crippen molar-refractivity contribution in [3.63, 3.8) is 0 Å². The van der Waals surface area contributed by atoms with Crippen molar-refractivity contribution in [3.8, 4) is 0 Å². The molecule has 3 nitrogen and oxygen atoms in total. The van der Waals surface area contributed by atoms with Gasteiger partial charge in [0.1, 0.15) is 0 Å². The third-order valence-corrected chi connectivity index (χ3v) is 23.2. The molecule has 0 aliphatic carbocycles. The molecule has 0 radical (unpaired) electrons. The molecule has 3 unspecified atom stereocenters. The Morgan fingerprint density at radius 1 is 0.415 bits per heavy atom. The van der Waals surface area contributed by atoms with Crippen LogP contribution >= 0.6 is 8.92 Å². The molecule has 0 heterocycles. The fraction of sp³-hybridized carbons (Fsp3) is 1.00. The van der Waals surface area contributed by atoms with Crippen LogP contribution in [-0.2, 0) is 14.2 Å². The number of hydrogen-bond acceptors (Lipinski definition) is 3. The van der Waals surface area contributed by atoms with Crippen molar-refractivity contribution in [2.24, 2.45) is 0 Å². The monoisotopic (exact) mass is 710 g/mol. The molecule has 0 aliphatic rings. The number of hydrogen-bond donors (Lipinski definition) is 0. The summed E-state index contributed by atoms with van der Waals surface area (Å²) >= 11 is -2.53. The molecule has 0 saturated heterocycles. The zero-order valence-corrected chi connectivity index (χ0v) is 32.5. The summed E-state index contributed by atoms with van der Waals surface area (Å²) in [6.45, 7) is 16.3. The fourth-order valence-electron chi connectivity index (χ4n) is 5.65. The van der Waals surface area contributed by atoms with Gasteiger partial charge in [-0.1, -0.05) is 0 Å². The SMILES string of the molecule is CCCCC(C)OCCCCC[CH2][Sn]([Cl])([CH2]CCCCCOC(C)CCCC)[CH2]CCCCCOC(C)CCCC. The third kappa shape index (κ3) is 29.4. The summed E-state index contributed by atoms with van der Waals surface area (Å²) in [5.74, 6) is 0. The van der Waals surface area contributed by atoms with Gasteiger partial charge in [-0.3, -0.25) is 0 Å². The van der Waals surface area contributed by atoms with Crippen LogP contribution in [0.3, 0.4) is 0 Å². The average Bonchev–Trinajstić information content (AvgIpc) is 2.96. The van der Waals surface area contributed by atoms with E-state index in [0.29, 0.717) is 18.3 Å². The van der Waals surface area contributed by atoms with Crippen molar-refractivity contribution in [1.29, 1.82) is 0 Å². The second-order valence-electron chi connectivity index (χ2n) is 13.1. The van der Waals surface area contributed by atoms with Crippen LogP contribution in [0.2, 0.25) is 13.3 Å². The molecule has 248 valence electrons. The maximum absolute atomic E-state index is 7.57. The number of halogens is 1. The molecule has 0 bridgehead atoms. The standard InChI is InChI=1S/3C12H25O.ClH.Sn/c3*1-4-6-8-9-11-13-12(3)10-7-5-2;;/h3*12H,1,4-11H2,2-3H3;1H;/q;;;;+1/p-1. The zero-order chi connectivity index (χ0) is 30.4. The quantitative estimate of drug-likeness (QED) is 0.0501. The van der Waals surface area contributed by atoms with Gasteiger partial charge in [0.25, 0.3) is 0 Å². The Bertz CT molecular complexity index is 452. The van der Waals surface area contributed by atoms with Crippen molar-refractivity contribution in [2.75, 3.05) is 19.8 Å². The summed E-state index contributed by atoms with van der Waals surface area (Å²) < 4.78 is 22.1. The van der Waals surface area contributed by atoms with E-state index in [-0.39, 0.29) is 0 Å². The number of ether oxygens (including phenoxy) is 3. The summed E-state index contributed by atoms with van der Waals surface area (Å²) in [7, 11) is 7.57. The van der Waals surface area contributed by atoms with E-state index in [1.54, 1.807) is 0 Å². The number of unbranched alkanes of at least 4 members (excludes halogenated alkanes) is 12. The molecule has 0 fully saturated rings. The molecule has 0 N–H and O–H groups in total. The Morgan fingerprint density at radius 2 is 0.683 bits per heavy atom. The van der Waals surface area contributed by atoms with Crippen molar-refractivity contribution in [3.05, 3.63) is 0 Å². The molecule has 3 atom stereocenters. The molecule has 0 amide bonds. The van der Waals surface area contributed by atoms with Gasteiger partial charge in [0.2, 0.25) is 0 Å². The van der Waals surface area contributed by atoms with Gasteiger partial charge in [0.05, 0.1) is 0 Å². The van der Waals surface area contributed by atoms with E-state index in [1.165, 1.54) is 148 Å². The van der Waals surface area contributed by atoms with Gasteiger partial charge < -0.3 is 0 Å². The summed E-state index contributed by atoms with van der Waals surface area (Å²) in [5.41, 5.74) is 0. The average molecular weight is 710 g/mol. The van der Waals surface area contributed by atoms with Gasteiger partial charge >= 0.3 is 268 Å². The van der Waals surface area contributed by atoms with Gasteiger partial charge in [-0.25, -0.2) is 0 Å². The molecule has 0 aromatic carbocycles. The summed E-state index contributed by atoms with van der Waals surface area (Å²) in [4.78, 5) is 0. The minimum absolute atomic E-state index is 0.425. The molecule has 0 aromatic rings. The summed E-state index contributed by atoms with van der Waals surface area (Å²) in [5, 5.41) is 0. The molecule has 0 spiro atoms. The van der Waals surface area contributed by atoms with Gasteiger partial charge in [0.15, 0.2) is 0 Å². The summed E-state index contributed by atoms with van der Waals surface area (Å²) in [6, 6.07) is 0. The van der Waals surface area contributed by atoms with E-state index in [0.717, 1.165) is 19.8 Å². The molecular formula is C36H75ClO3Sn. The zero-order valence-electron chi connectivity index (χ0n) is 28.9. The van der Waals surface area contributed by atoms with Crippen LogP contribution in [0.5, 0.6) is 0 Å². The van der Waals surface area contributed by atoms with E-state index >= 15 is 0 Å². The first kappa shape index (κ1) is 42.0. The summed E-state index contributed by atoms with van der Waals surface area (Å²) in [6.07, 6.45) is 28.1. The molecule has 0 aliphatic heterocycles. The van der Waals surface area contributed by atoms with Crippen LogP contribution in [0.25, 0.3) is 0 Å². The number of rotatable bonds is 33. The first-order valence-corrected chi connectivity index (χ1v) is 28.1. The Morgan fingerprint density at radius 3 is 0.951 bits per heavy atom. The van der Waals surface area contributed by atoms with Crippen molar-refractivity contribution >= 4 is 26.2 Å². The Hall–Kier alpha value is 0.969. The van der Waals surface area contributed by atoms with Crippen LogP contribution in [-0.4, -0.2) is 55.4 Å². The first-order valence-electron chi connectivity index (χ1n) is 18.4. The molecule has 5 heteroatoms. The van der Waals surface area contributed by atoms with E-state index in [4.69, 9.17) is 23.1 Å². The van der Waals surface area contributed by atoms with Gasteiger partial charge in [-0.15, -0.1) is 0 Å². The molecule has 0 rings (SSSR count). The van der Waals surface area contributed by atoms with Crippen molar-refractivity contribution in [2.45, 2.75) is 208 Å². The second kappa shape index (κ2) is 31.0. The van der Waals surface area contributed by atoms with Gasteiger partial charge in [0, 0.05) is 0 Å². The maximum atomic E-state index is 7.57. The van der Waals surface area contributed by atoms with Gasteiger partial charge in [-0.05, 0) is 0 Å². The Labute approximate surface area is 266 Å². The van der Waals surface area contributed by atoms with Crippen LogP contribution < -0.4 is 0 Å². The van der Waals surface area contributed by atoms with Crippen molar-refractivity contribution < 1.29 is 14.2 Å². The van der Waals surface area contributed by atoms with E-state index in [1.807, 2.05) is 0 Å². The Kier molecular flexibility index (Phi) is 31.7. The van der Waals surface area contributed by atoms with Gasteiger partial charge in [-0.2, -0.15) is 0 Å². The Balaban J connectivity index is 4.25. The van der Waals surface area contributed by atoms with E-state index < -0.39 is 17.3 Å². The van der Waals surface area contributed by atoms with Crippen molar-refractivity contribution in [1.82, 2.24) is 0 Å². The molecule has 0 saturated carbocycles. The molecule has 41 heavy (non-hydrogen) atoms. The van der Waals surface area contributed by atoms with Crippen LogP contribution in [0.4, 0.5) is 0 Å². The van der Waals surface area contributed by atoms with Crippen LogP contribution in [0.1, 0.15) is 176 Å². The normalized spacial score (nSPS) is 15.6. The molecule has 0 aromatic heterocycles. The predicted molar refractivity (Wildman–Crippen MR) is 186 cm³/mol. The topological polar surface area (TPSA) is 27.7 Å². The fourth-order valence-corrected chi connectivity index (χ4v) is 18.0. The second-order valence-corrected chi connectivity index (χ2v) is 29.3.